The Morgan fingerprint density at radius 3 is 1.78 bits per heavy atom. The van der Waals surface area contributed by atoms with Gasteiger partial charge in [-0.3, -0.25) is 0 Å². The van der Waals surface area contributed by atoms with Gasteiger partial charge in [0.25, 0.3) is 0 Å². The first-order chi connectivity index (χ1) is 24.8. The zero-order valence-electron chi connectivity index (χ0n) is 26.7. The third kappa shape index (κ3) is 4.63. The SMILES string of the molecule is C1=CC[C@H]2Oc3c(nc(-c4ccccc4)nc3-c3cccc4c3oc3cccc(-c5nc(-c6ccccc6)nc(-c6ccccc6)n5)c34)C2=C1. The molecule has 8 aromatic rings. The molecule has 4 heterocycles. The average molecular weight is 646 g/mol. The summed E-state index contributed by atoms with van der Waals surface area (Å²) in [6.45, 7) is 0. The number of aromatic nitrogens is 5. The molecule has 7 heteroatoms. The van der Waals surface area contributed by atoms with Gasteiger partial charge in [0.15, 0.2) is 29.0 Å². The van der Waals surface area contributed by atoms with Crippen LogP contribution < -0.4 is 4.74 Å². The molecule has 3 aromatic heterocycles. The first kappa shape index (κ1) is 28.3. The summed E-state index contributed by atoms with van der Waals surface area (Å²) in [5.74, 6) is 3.09. The van der Waals surface area contributed by atoms with Crippen LogP contribution in [0.1, 0.15) is 12.1 Å². The molecule has 0 radical (unpaired) electrons. The maximum atomic E-state index is 6.74. The number of allylic oxidation sites excluding steroid dienone is 2. The molecule has 0 saturated carbocycles. The van der Waals surface area contributed by atoms with E-state index < -0.39 is 0 Å². The van der Waals surface area contributed by atoms with Crippen LogP contribution in [-0.2, 0) is 0 Å². The van der Waals surface area contributed by atoms with Crippen molar-refractivity contribution in [1.29, 1.82) is 0 Å². The zero-order valence-corrected chi connectivity index (χ0v) is 26.7. The lowest BCUT2D eigenvalue weighted by atomic mass is 9.98. The van der Waals surface area contributed by atoms with Gasteiger partial charge in [-0.15, -0.1) is 0 Å². The number of hydrogen-bond acceptors (Lipinski definition) is 7. The van der Waals surface area contributed by atoms with Crippen molar-refractivity contribution >= 4 is 27.5 Å². The Kier molecular flexibility index (Phi) is 6.48. The van der Waals surface area contributed by atoms with Crippen LogP contribution in [0, 0.1) is 0 Å². The molecule has 1 aliphatic carbocycles. The maximum Gasteiger partial charge on any atom is 0.172 e. The molecule has 7 nitrogen and oxygen atoms in total. The van der Waals surface area contributed by atoms with Crippen molar-refractivity contribution in [3.63, 3.8) is 0 Å². The standard InChI is InChI=1S/C43H27N5O2/c1-4-14-26(15-5-1)40-44-36-29-20-10-11-24-33(29)49-39(36)37(45-40)32-23-12-21-30-35-31(22-13-25-34(35)50-38(30)32)43-47-41(27-16-6-2-7-17-27)46-42(48-43)28-18-8-3-9-19-28/h1-23,25,33H,24H2/t33-/m1/s1. The summed E-state index contributed by atoms with van der Waals surface area (Å²) >= 11 is 0. The van der Waals surface area contributed by atoms with Crippen molar-refractivity contribution in [3.8, 4) is 62.6 Å². The second-order valence-corrected chi connectivity index (χ2v) is 12.3. The number of nitrogens with zero attached hydrogens (tertiary/aromatic N) is 5. The van der Waals surface area contributed by atoms with Gasteiger partial charge in [-0.2, -0.15) is 0 Å². The third-order valence-corrected chi connectivity index (χ3v) is 9.26. The summed E-state index contributed by atoms with van der Waals surface area (Å²) in [5, 5.41) is 1.85. The number of benzene rings is 5. The number of para-hydroxylation sites is 1. The molecule has 2 aliphatic rings. The highest BCUT2D eigenvalue weighted by molar-refractivity contribution is 6.15. The minimum atomic E-state index is -0.1000. The fourth-order valence-corrected chi connectivity index (χ4v) is 6.90. The second-order valence-electron chi connectivity index (χ2n) is 12.3. The quantitative estimate of drug-likeness (QED) is 0.184. The van der Waals surface area contributed by atoms with Gasteiger partial charge in [0.05, 0.1) is 0 Å². The van der Waals surface area contributed by atoms with Gasteiger partial charge in [-0.1, -0.05) is 133 Å². The van der Waals surface area contributed by atoms with E-state index in [2.05, 4.69) is 24.3 Å². The molecule has 0 spiro atoms. The third-order valence-electron chi connectivity index (χ3n) is 9.26. The molecule has 0 N–H and O–H groups in total. The largest absolute Gasteiger partial charge is 0.481 e. The summed E-state index contributed by atoms with van der Waals surface area (Å²) in [7, 11) is 0. The highest BCUT2D eigenvalue weighted by Crippen LogP contribution is 2.48. The molecule has 0 amide bonds. The summed E-state index contributed by atoms with van der Waals surface area (Å²) in [4.78, 5) is 25.2. The molecule has 0 bridgehead atoms. The lowest BCUT2D eigenvalue weighted by molar-refractivity contribution is 0.279. The fourth-order valence-electron chi connectivity index (χ4n) is 6.90. The minimum Gasteiger partial charge on any atom is -0.481 e. The van der Waals surface area contributed by atoms with Gasteiger partial charge in [-0.25, -0.2) is 24.9 Å². The van der Waals surface area contributed by atoms with Crippen molar-refractivity contribution in [2.45, 2.75) is 12.5 Å². The molecule has 236 valence electrons. The van der Waals surface area contributed by atoms with Gasteiger partial charge in [0, 0.05) is 50.6 Å². The van der Waals surface area contributed by atoms with E-state index in [4.69, 9.17) is 34.1 Å². The van der Waals surface area contributed by atoms with Crippen molar-refractivity contribution in [2.24, 2.45) is 0 Å². The predicted octanol–water partition coefficient (Wildman–Crippen LogP) is 10.0. The topological polar surface area (TPSA) is 86.8 Å². The number of rotatable bonds is 5. The van der Waals surface area contributed by atoms with Crippen LogP contribution >= 0.6 is 0 Å². The molecule has 0 saturated heterocycles. The molecular formula is C43H27N5O2. The van der Waals surface area contributed by atoms with Gasteiger partial charge < -0.3 is 9.15 Å². The lowest BCUT2D eigenvalue weighted by Crippen LogP contribution is -2.12. The van der Waals surface area contributed by atoms with E-state index in [-0.39, 0.29) is 6.10 Å². The van der Waals surface area contributed by atoms with Crippen LogP contribution in [0.3, 0.4) is 0 Å². The highest BCUT2D eigenvalue weighted by atomic mass is 16.5. The fraction of sp³-hybridized carbons (Fsp3) is 0.0465. The molecule has 1 aliphatic heterocycles. The summed E-state index contributed by atoms with van der Waals surface area (Å²) in [6, 6.07) is 42.3. The Labute approximate surface area is 287 Å². The summed E-state index contributed by atoms with van der Waals surface area (Å²) in [6.07, 6.45) is 6.98. The van der Waals surface area contributed by atoms with E-state index in [1.165, 1.54) is 0 Å². The van der Waals surface area contributed by atoms with Crippen molar-refractivity contribution in [3.05, 3.63) is 151 Å². The van der Waals surface area contributed by atoms with Crippen LogP contribution in [0.25, 0.3) is 84.3 Å². The molecule has 1 atom stereocenters. The lowest BCUT2D eigenvalue weighted by Gasteiger charge is -2.12. The maximum absolute atomic E-state index is 6.74. The van der Waals surface area contributed by atoms with Gasteiger partial charge in [-0.05, 0) is 12.1 Å². The van der Waals surface area contributed by atoms with Gasteiger partial charge in [0.1, 0.15) is 28.7 Å². The number of fused-ring (bicyclic) bond motifs is 6. The van der Waals surface area contributed by atoms with Crippen LogP contribution in [0.4, 0.5) is 0 Å². The van der Waals surface area contributed by atoms with Crippen LogP contribution in [-0.4, -0.2) is 31.0 Å². The first-order valence-corrected chi connectivity index (χ1v) is 16.6. The monoisotopic (exact) mass is 645 g/mol. The van der Waals surface area contributed by atoms with Crippen LogP contribution in [0.15, 0.2) is 150 Å². The van der Waals surface area contributed by atoms with Crippen molar-refractivity contribution < 1.29 is 9.15 Å². The van der Waals surface area contributed by atoms with Crippen molar-refractivity contribution in [1.82, 2.24) is 24.9 Å². The summed E-state index contributed by atoms with van der Waals surface area (Å²) in [5.41, 5.74) is 8.48. The molecule has 5 aromatic carbocycles. The van der Waals surface area contributed by atoms with Crippen LogP contribution in [0.2, 0.25) is 0 Å². The molecular weight excluding hydrogens is 619 g/mol. The summed E-state index contributed by atoms with van der Waals surface area (Å²) < 4.78 is 13.3. The Hall–Kier alpha value is -6.73. The van der Waals surface area contributed by atoms with Crippen LogP contribution in [0.5, 0.6) is 5.75 Å². The van der Waals surface area contributed by atoms with Gasteiger partial charge >= 0.3 is 0 Å². The predicted molar refractivity (Wildman–Crippen MR) is 196 cm³/mol. The first-order valence-electron chi connectivity index (χ1n) is 16.6. The van der Waals surface area contributed by atoms with E-state index in [0.717, 1.165) is 61.9 Å². The zero-order chi connectivity index (χ0) is 33.0. The normalized spacial score (nSPS) is 14.7. The average Bonchev–Trinajstić information content (AvgIpc) is 3.77. The molecule has 50 heavy (non-hydrogen) atoms. The van der Waals surface area contributed by atoms with E-state index in [1.807, 2.05) is 121 Å². The van der Waals surface area contributed by atoms with E-state index >= 15 is 0 Å². The van der Waals surface area contributed by atoms with Gasteiger partial charge in [0.2, 0.25) is 0 Å². The Morgan fingerprint density at radius 1 is 0.520 bits per heavy atom. The molecule has 10 rings (SSSR count). The highest BCUT2D eigenvalue weighted by Gasteiger charge is 2.35. The molecule has 0 unspecified atom stereocenters. The van der Waals surface area contributed by atoms with Crippen molar-refractivity contribution in [2.75, 3.05) is 0 Å². The molecule has 0 fully saturated rings. The Morgan fingerprint density at radius 2 is 1.10 bits per heavy atom. The minimum absolute atomic E-state index is 0.1000. The van der Waals surface area contributed by atoms with E-state index in [1.54, 1.807) is 0 Å². The number of furan rings is 1. The Balaban J connectivity index is 1.20. The second kappa shape index (κ2) is 11.5. The number of ether oxygens (including phenoxy) is 1. The number of hydrogen-bond donors (Lipinski definition) is 0. The smallest absolute Gasteiger partial charge is 0.172 e. The van der Waals surface area contributed by atoms with E-state index in [0.29, 0.717) is 40.3 Å². The van der Waals surface area contributed by atoms with E-state index in [9.17, 15) is 0 Å². The Bertz CT molecular complexity index is 2590.